The maximum atomic E-state index is 11.9. The molecule has 0 aliphatic heterocycles. The Morgan fingerprint density at radius 1 is 1.38 bits per heavy atom. The Balaban J connectivity index is 2.67. The molecule has 0 bridgehead atoms. The SMILES string of the molecule is COC(=O)[C@H](CC(C)C)NC(=O)/C=C/c1cccc(N)c1. The zero-order valence-corrected chi connectivity index (χ0v) is 12.6. The number of carbonyl (C=O) groups is 2. The molecule has 0 spiro atoms. The van der Waals surface area contributed by atoms with Crippen LogP contribution in [0.3, 0.4) is 0 Å². The molecule has 1 amide bonds. The number of nitrogens with one attached hydrogen (secondary N) is 1. The first kappa shape index (κ1) is 16.8. The zero-order valence-electron chi connectivity index (χ0n) is 12.6. The molecule has 0 aromatic heterocycles. The van der Waals surface area contributed by atoms with E-state index in [0.29, 0.717) is 12.1 Å². The molecule has 1 aromatic rings. The molecule has 0 saturated carbocycles. The minimum Gasteiger partial charge on any atom is -0.467 e. The molecule has 3 N–H and O–H groups in total. The molecule has 0 radical (unpaired) electrons. The quantitative estimate of drug-likeness (QED) is 0.477. The van der Waals surface area contributed by atoms with Gasteiger partial charge in [-0.15, -0.1) is 0 Å². The average Bonchev–Trinajstić information content (AvgIpc) is 2.43. The minimum atomic E-state index is -0.631. The summed E-state index contributed by atoms with van der Waals surface area (Å²) in [6.45, 7) is 3.95. The standard InChI is InChI=1S/C16H22N2O3/c1-11(2)9-14(16(20)21-3)18-15(19)8-7-12-5-4-6-13(17)10-12/h4-8,10-11,14H,9,17H2,1-3H3,(H,18,19)/b8-7+/t14-/m0/s1. The van der Waals surface area contributed by atoms with Crippen LogP contribution in [0.4, 0.5) is 5.69 Å². The van der Waals surface area contributed by atoms with Crippen LogP contribution < -0.4 is 11.1 Å². The monoisotopic (exact) mass is 290 g/mol. The average molecular weight is 290 g/mol. The van der Waals surface area contributed by atoms with Gasteiger partial charge in [-0.3, -0.25) is 4.79 Å². The summed E-state index contributed by atoms with van der Waals surface area (Å²) < 4.78 is 4.70. The lowest BCUT2D eigenvalue weighted by atomic mass is 10.0. The Kier molecular flexibility index (Phi) is 6.46. The van der Waals surface area contributed by atoms with Gasteiger partial charge in [-0.05, 0) is 36.1 Å². The lowest BCUT2D eigenvalue weighted by Crippen LogP contribution is -2.41. The molecule has 5 heteroatoms. The van der Waals surface area contributed by atoms with E-state index in [4.69, 9.17) is 10.5 Å². The van der Waals surface area contributed by atoms with Crippen molar-refractivity contribution in [1.82, 2.24) is 5.32 Å². The third-order valence-corrected chi connectivity index (χ3v) is 2.85. The Bertz CT molecular complexity index is 524. The first-order chi connectivity index (χ1) is 9.92. The van der Waals surface area contributed by atoms with E-state index in [2.05, 4.69) is 5.32 Å². The Morgan fingerprint density at radius 3 is 2.67 bits per heavy atom. The number of hydrogen-bond donors (Lipinski definition) is 2. The number of rotatable bonds is 6. The highest BCUT2D eigenvalue weighted by Crippen LogP contribution is 2.09. The first-order valence-corrected chi connectivity index (χ1v) is 6.84. The van der Waals surface area contributed by atoms with E-state index in [1.54, 1.807) is 18.2 Å². The number of hydrogen-bond acceptors (Lipinski definition) is 4. The first-order valence-electron chi connectivity index (χ1n) is 6.84. The van der Waals surface area contributed by atoms with Crippen molar-refractivity contribution in [3.05, 3.63) is 35.9 Å². The van der Waals surface area contributed by atoms with Crippen LogP contribution >= 0.6 is 0 Å². The van der Waals surface area contributed by atoms with Crippen LogP contribution in [0.1, 0.15) is 25.8 Å². The number of nitrogens with two attached hydrogens (primary N) is 1. The van der Waals surface area contributed by atoms with Crippen LogP contribution in [0.25, 0.3) is 6.08 Å². The smallest absolute Gasteiger partial charge is 0.328 e. The van der Waals surface area contributed by atoms with E-state index in [1.807, 2.05) is 26.0 Å². The van der Waals surface area contributed by atoms with Crippen molar-refractivity contribution in [2.45, 2.75) is 26.3 Å². The molecule has 0 saturated heterocycles. The Morgan fingerprint density at radius 2 is 2.10 bits per heavy atom. The molecule has 0 aliphatic rings. The molecular weight excluding hydrogens is 268 g/mol. The van der Waals surface area contributed by atoms with E-state index in [-0.39, 0.29) is 11.8 Å². The van der Waals surface area contributed by atoms with Crippen molar-refractivity contribution in [1.29, 1.82) is 0 Å². The van der Waals surface area contributed by atoms with Gasteiger partial charge in [-0.1, -0.05) is 26.0 Å². The number of esters is 1. The van der Waals surface area contributed by atoms with Crippen molar-refractivity contribution in [2.24, 2.45) is 5.92 Å². The van der Waals surface area contributed by atoms with Gasteiger partial charge in [0.1, 0.15) is 6.04 Å². The van der Waals surface area contributed by atoms with Crippen LogP contribution in [-0.4, -0.2) is 25.0 Å². The number of carbonyl (C=O) groups excluding carboxylic acids is 2. The largest absolute Gasteiger partial charge is 0.467 e. The maximum absolute atomic E-state index is 11.9. The Hall–Kier alpha value is -2.30. The van der Waals surface area contributed by atoms with Crippen molar-refractivity contribution < 1.29 is 14.3 Å². The second-order valence-electron chi connectivity index (χ2n) is 5.22. The Labute approximate surface area is 125 Å². The van der Waals surface area contributed by atoms with Crippen molar-refractivity contribution >= 4 is 23.6 Å². The fourth-order valence-corrected chi connectivity index (χ4v) is 1.88. The van der Waals surface area contributed by atoms with Crippen LogP contribution in [0.2, 0.25) is 0 Å². The van der Waals surface area contributed by atoms with Gasteiger partial charge in [0, 0.05) is 11.8 Å². The third-order valence-electron chi connectivity index (χ3n) is 2.85. The highest BCUT2D eigenvalue weighted by molar-refractivity contribution is 5.94. The van der Waals surface area contributed by atoms with Crippen LogP contribution in [0, 0.1) is 5.92 Å². The lowest BCUT2D eigenvalue weighted by Gasteiger charge is -2.17. The summed E-state index contributed by atoms with van der Waals surface area (Å²) in [5.74, 6) is -0.504. The molecule has 0 unspecified atom stereocenters. The van der Waals surface area contributed by atoms with Gasteiger partial charge >= 0.3 is 5.97 Å². The molecule has 114 valence electrons. The number of anilines is 1. The zero-order chi connectivity index (χ0) is 15.8. The van der Waals surface area contributed by atoms with Gasteiger partial charge in [-0.25, -0.2) is 4.79 Å². The van der Waals surface area contributed by atoms with Crippen LogP contribution in [0.5, 0.6) is 0 Å². The number of amides is 1. The van der Waals surface area contributed by atoms with Gasteiger partial charge in [0.15, 0.2) is 0 Å². The normalized spacial score (nSPS) is 12.4. The molecule has 1 aromatic carbocycles. The fourth-order valence-electron chi connectivity index (χ4n) is 1.88. The van der Waals surface area contributed by atoms with E-state index in [0.717, 1.165) is 5.56 Å². The number of nitrogen functional groups attached to an aromatic ring is 1. The van der Waals surface area contributed by atoms with Gasteiger partial charge in [0.2, 0.25) is 5.91 Å². The maximum Gasteiger partial charge on any atom is 0.328 e. The molecule has 0 aliphatic carbocycles. The van der Waals surface area contributed by atoms with E-state index in [1.165, 1.54) is 13.2 Å². The minimum absolute atomic E-state index is 0.271. The fraction of sp³-hybridized carbons (Fsp3) is 0.375. The van der Waals surface area contributed by atoms with Crippen molar-refractivity contribution in [3.63, 3.8) is 0 Å². The molecule has 0 heterocycles. The topological polar surface area (TPSA) is 81.4 Å². The molecule has 0 fully saturated rings. The van der Waals surface area contributed by atoms with Gasteiger partial charge in [0.25, 0.3) is 0 Å². The van der Waals surface area contributed by atoms with Crippen molar-refractivity contribution in [3.8, 4) is 0 Å². The second kappa shape index (κ2) is 8.09. The van der Waals surface area contributed by atoms with E-state index < -0.39 is 12.0 Å². The number of benzene rings is 1. The molecule has 1 atom stereocenters. The number of methoxy groups -OCH3 is 1. The highest BCUT2D eigenvalue weighted by atomic mass is 16.5. The molecule has 1 rings (SSSR count). The molecule has 5 nitrogen and oxygen atoms in total. The summed E-state index contributed by atoms with van der Waals surface area (Å²) >= 11 is 0. The number of ether oxygens (including phenoxy) is 1. The van der Waals surface area contributed by atoms with Crippen LogP contribution in [0.15, 0.2) is 30.3 Å². The summed E-state index contributed by atoms with van der Waals surface area (Å²) in [6.07, 6.45) is 3.56. The van der Waals surface area contributed by atoms with Crippen molar-refractivity contribution in [2.75, 3.05) is 12.8 Å². The van der Waals surface area contributed by atoms with Crippen LogP contribution in [-0.2, 0) is 14.3 Å². The van der Waals surface area contributed by atoms with Gasteiger partial charge in [0.05, 0.1) is 7.11 Å². The van der Waals surface area contributed by atoms with E-state index >= 15 is 0 Å². The third kappa shape index (κ3) is 6.12. The summed E-state index contributed by atoms with van der Waals surface area (Å²) in [4.78, 5) is 23.5. The van der Waals surface area contributed by atoms with Gasteiger partial charge in [-0.2, -0.15) is 0 Å². The van der Waals surface area contributed by atoms with Gasteiger partial charge < -0.3 is 15.8 Å². The highest BCUT2D eigenvalue weighted by Gasteiger charge is 2.21. The lowest BCUT2D eigenvalue weighted by molar-refractivity contribution is -0.145. The summed E-state index contributed by atoms with van der Waals surface area (Å²) in [5.41, 5.74) is 7.11. The summed E-state index contributed by atoms with van der Waals surface area (Å²) in [6, 6.07) is 6.55. The summed E-state index contributed by atoms with van der Waals surface area (Å²) in [5, 5.41) is 2.65. The van der Waals surface area contributed by atoms with E-state index in [9.17, 15) is 9.59 Å². The predicted octanol–water partition coefficient (Wildman–Crippen LogP) is 1.99. The predicted molar refractivity (Wildman–Crippen MR) is 83.3 cm³/mol. The summed E-state index contributed by atoms with van der Waals surface area (Å²) in [7, 11) is 1.31. The molecule has 21 heavy (non-hydrogen) atoms. The second-order valence-corrected chi connectivity index (χ2v) is 5.22. The molecular formula is C16H22N2O3.